The summed E-state index contributed by atoms with van der Waals surface area (Å²) in [6, 6.07) is 18.1. The molecule has 0 aliphatic carbocycles. The zero-order chi connectivity index (χ0) is 30.5. The van der Waals surface area contributed by atoms with Gasteiger partial charge >= 0.3 is 5.97 Å². The standard InChI is InChI=1S/C33H27ClN4O4S/c1-18-16-24-29(27(19-7-9-21(34)10-8-19)26(18)28(32(40)41)42-33(2,3)4)43-30(37-24)20-11-14-36-25(17-20)38-15-12-23-22(31(38)39)6-5-13-35-23/h5-17,28H,1-4H3,(H,40,41). The van der Waals surface area contributed by atoms with E-state index in [1.807, 2.05) is 58.0 Å². The number of carbonyl (C=O) groups is 1. The van der Waals surface area contributed by atoms with Gasteiger partial charge in [-0.15, -0.1) is 11.3 Å². The Hall–Kier alpha value is -4.44. The molecule has 0 fully saturated rings. The normalized spacial score (nSPS) is 12.6. The minimum atomic E-state index is -1.21. The van der Waals surface area contributed by atoms with Crippen LogP contribution in [0.2, 0.25) is 5.02 Å². The van der Waals surface area contributed by atoms with Gasteiger partial charge in [0.25, 0.3) is 5.56 Å². The van der Waals surface area contributed by atoms with E-state index in [1.54, 1.807) is 48.9 Å². The highest BCUT2D eigenvalue weighted by Gasteiger charge is 2.32. The molecule has 1 N–H and O–H groups in total. The molecule has 0 aliphatic heterocycles. The lowest BCUT2D eigenvalue weighted by molar-refractivity contribution is -0.160. The van der Waals surface area contributed by atoms with Crippen LogP contribution in [0.3, 0.4) is 0 Å². The predicted molar refractivity (Wildman–Crippen MR) is 170 cm³/mol. The molecule has 0 aliphatic rings. The molecule has 8 nitrogen and oxygen atoms in total. The van der Waals surface area contributed by atoms with E-state index >= 15 is 0 Å². The Kier molecular flexibility index (Phi) is 7.33. The Labute approximate surface area is 256 Å². The van der Waals surface area contributed by atoms with Gasteiger partial charge in [-0.05, 0) is 87.4 Å². The van der Waals surface area contributed by atoms with E-state index in [-0.39, 0.29) is 5.56 Å². The summed E-state index contributed by atoms with van der Waals surface area (Å²) in [6.07, 6.45) is 3.75. The van der Waals surface area contributed by atoms with E-state index in [2.05, 4.69) is 9.97 Å². The summed E-state index contributed by atoms with van der Waals surface area (Å²) in [4.78, 5) is 39.5. The number of carboxylic acids is 1. The van der Waals surface area contributed by atoms with E-state index in [1.165, 1.54) is 15.9 Å². The van der Waals surface area contributed by atoms with Crippen LogP contribution in [0.5, 0.6) is 0 Å². The lowest BCUT2D eigenvalue weighted by Crippen LogP contribution is -2.28. The molecule has 43 heavy (non-hydrogen) atoms. The molecule has 216 valence electrons. The Morgan fingerprint density at radius 3 is 2.49 bits per heavy atom. The van der Waals surface area contributed by atoms with Crippen LogP contribution in [-0.4, -0.2) is 36.2 Å². The molecule has 6 aromatic rings. The molecule has 0 saturated heterocycles. The number of hydrogen-bond acceptors (Lipinski definition) is 7. The highest BCUT2D eigenvalue weighted by atomic mass is 35.5. The number of ether oxygens (including phenoxy) is 1. The van der Waals surface area contributed by atoms with E-state index in [0.29, 0.717) is 32.3 Å². The first-order chi connectivity index (χ1) is 20.5. The van der Waals surface area contributed by atoms with Crippen LogP contribution in [0.1, 0.15) is 38.0 Å². The second-order valence-corrected chi connectivity index (χ2v) is 12.6. The number of carboxylic acid groups (broad SMARTS) is 1. The molecule has 4 heterocycles. The van der Waals surface area contributed by atoms with E-state index < -0.39 is 17.7 Å². The van der Waals surface area contributed by atoms with Crippen LogP contribution in [0.15, 0.2) is 84.0 Å². The predicted octanol–water partition coefficient (Wildman–Crippen LogP) is 7.63. The van der Waals surface area contributed by atoms with Crippen molar-refractivity contribution in [2.45, 2.75) is 39.4 Å². The van der Waals surface area contributed by atoms with Crippen LogP contribution >= 0.6 is 22.9 Å². The molecule has 10 heteroatoms. The van der Waals surface area contributed by atoms with Gasteiger partial charge in [0.1, 0.15) is 10.8 Å². The molecule has 4 aromatic heterocycles. The summed E-state index contributed by atoms with van der Waals surface area (Å²) in [5, 5.41) is 12.1. The zero-order valence-corrected chi connectivity index (χ0v) is 25.4. The second kappa shape index (κ2) is 11.0. The van der Waals surface area contributed by atoms with Crippen molar-refractivity contribution in [2.75, 3.05) is 0 Å². The molecule has 0 spiro atoms. The smallest absolute Gasteiger partial charge is 0.337 e. The quantitative estimate of drug-likeness (QED) is 0.207. The zero-order valence-electron chi connectivity index (χ0n) is 23.8. The van der Waals surface area contributed by atoms with Crippen LogP contribution in [0, 0.1) is 6.92 Å². The first kappa shape index (κ1) is 28.7. The largest absolute Gasteiger partial charge is 0.479 e. The number of benzene rings is 2. The minimum Gasteiger partial charge on any atom is -0.479 e. The fourth-order valence-electron chi connectivity index (χ4n) is 5.10. The third kappa shape index (κ3) is 5.54. The average molecular weight is 611 g/mol. The van der Waals surface area contributed by atoms with Crippen molar-refractivity contribution >= 4 is 50.0 Å². The average Bonchev–Trinajstić information content (AvgIpc) is 3.39. The number of aliphatic carboxylic acids is 1. The molecular formula is C33H27ClN4O4S. The van der Waals surface area contributed by atoms with Gasteiger partial charge in [-0.25, -0.2) is 14.8 Å². The number of pyridine rings is 3. The third-order valence-corrected chi connectivity index (χ3v) is 8.32. The number of rotatable bonds is 6. The summed E-state index contributed by atoms with van der Waals surface area (Å²) in [5.41, 5.74) is 4.04. The van der Waals surface area contributed by atoms with Crippen molar-refractivity contribution in [1.82, 2.24) is 19.5 Å². The molecule has 1 unspecified atom stereocenters. The molecule has 6 rings (SSSR count). The lowest BCUT2D eigenvalue weighted by atomic mass is 9.91. The maximum Gasteiger partial charge on any atom is 0.337 e. The second-order valence-electron chi connectivity index (χ2n) is 11.1. The molecule has 0 radical (unpaired) electrons. The number of aromatic nitrogens is 4. The lowest BCUT2D eigenvalue weighted by Gasteiger charge is -2.28. The Bertz CT molecular complexity index is 2080. The Balaban J connectivity index is 1.55. The number of thiazole rings is 1. The van der Waals surface area contributed by atoms with Crippen molar-refractivity contribution in [3.63, 3.8) is 0 Å². The van der Waals surface area contributed by atoms with E-state index in [9.17, 15) is 14.7 Å². The van der Waals surface area contributed by atoms with Crippen molar-refractivity contribution in [3.8, 4) is 27.5 Å². The topological polar surface area (TPSA) is 107 Å². The SMILES string of the molecule is Cc1cc2nc(-c3ccnc(-n4ccc5ncccc5c4=O)c3)sc2c(-c2ccc(Cl)cc2)c1C(OC(C)(C)C)C(=O)O. The Morgan fingerprint density at radius 1 is 1.00 bits per heavy atom. The fraction of sp³-hybridized carbons (Fsp3) is 0.182. The van der Waals surface area contributed by atoms with Crippen LogP contribution in [-0.2, 0) is 9.53 Å². The maximum absolute atomic E-state index is 13.2. The number of halogens is 1. The first-order valence-corrected chi connectivity index (χ1v) is 14.7. The van der Waals surface area contributed by atoms with E-state index in [0.717, 1.165) is 32.5 Å². The first-order valence-electron chi connectivity index (χ1n) is 13.5. The fourth-order valence-corrected chi connectivity index (χ4v) is 6.35. The van der Waals surface area contributed by atoms with Crippen LogP contribution in [0.4, 0.5) is 0 Å². The molecule has 1 atom stereocenters. The molecule has 2 aromatic carbocycles. The monoisotopic (exact) mass is 610 g/mol. The van der Waals surface area contributed by atoms with Gasteiger partial charge in [-0.2, -0.15) is 0 Å². The van der Waals surface area contributed by atoms with Gasteiger partial charge in [0.15, 0.2) is 6.10 Å². The van der Waals surface area contributed by atoms with Gasteiger partial charge in [-0.1, -0.05) is 23.7 Å². The molecule has 0 bridgehead atoms. The van der Waals surface area contributed by atoms with Crippen LogP contribution < -0.4 is 5.56 Å². The number of nitrogens with zero attached hydrogens (tertiary/aromatic N) is 4. The summed E-state index contributed by atoms with van der Waals surface area (Å²) < 4.78 is 8.42. The van der Waals surface area contributed by atoms with Crippen molar-refractivity contribution < 1.29 is 14.6 Å². The third-order valence-electron chi connectivity index (χ3n) is 6.93. The summed E-state index contributed by atoms with van der Waals surface area (Å²) in [5.74, 6) is -0.626. The van der Waals surface area contributed by atoms with Crippen molar-refractivity contribution in [2.24, 2.45) is 0 Å². The number of hydrogen-bond donors (Lipinski definition) is 1. The van der Waals surface area contributed by atoms with Gasteiger partial charge < -0.3 is 9.84 Å². The van der Waals surface area contributed by atoms with Gasteiger partial charge in [0.2, 0.25) is 0 Å². The maximum atomic E-state index is 13.2. The highest BCUT2D eigenvalue weighted by molar-refractivity contribution is 7.22. The summed E-state index contributed by atoms with van der Waals surface area (Å²) >= 11 is 7.66. The molecule has 0 saturated carbocycles. The van der Waals surface area contributed by atoms with Crippen molar-refractivity contribution in [1.29, 1.82) is 0 Å². The number of fused-ring (bicyclic) bond motifs is 2. The summed E-state index contributed by atoms with van der Waals surface area (Å²) in [7, 11) is 0. The molecule has 0 amide bonds. The van der Waals surface area contributed by atoms with Crippen LogP contribution in [0.25, 0.3) is 48.6 Å². The van der Waals surface area contributed by atoms with E-state index in [4.69, 9.17) is 21.3 Å². The van der Waals surface area contributed by atoms with Gasteiger partial charge in [0, 0.05) is 40.3 Å². The minimum absolute atomic E-state index is 0.219. The summed E-state index contributed by atoms with van der Waals surface area (Å²) in [6.45, 7) is 7.38. The van der Waals surface area contributed by atoms with Gasteiger partial charge in [-0.3, -0.25) is 14.3 Å². The van der Waals surface area contributed by atoms with Crippen molar-refractivity contribution in [3.05, 3.63) is 106 Å². The highest BCUT2D eigenvalue weighted by Crippen LogP contribution is 2.44. The molecular weight excluding hydrogens is 584 g/mol. The Morgan fingerprint density at radius 2 is 1.77 bits per heavy atom. The van der Waals surface area contributed by atoms with Gasteiger partial charge in [0.05, 0.1) is 26.7 Å². The number of aryl methyl sites for hydroxylation is 1.